The summed E-state index contributed by atoms with van der Waals surface area (Å²) in [5.74, 6) is -0.480. The van der Waals surface area contributed by atoms with E-state index < -0.39 is 8.32 Å². The van der Waals surface area contributed by atoms with Crippen molar-refractivity contribution in [2.24, 2.45) is 0 Å². The fraction of sp³-hybridized carbons (Fsp3) is 0.696. The van der Waals surface area contributed by atoms with Crippen molar-refractivity contribution < 1.29 is 14.0 Å². The van der Waals surface area contributed by atoms with Crippen LogP contribution in [0.4, 0.5) is 0 Å². The molecule has 2 bridgehead atoms. The van der Waals surface area contributed by atoms with Gasteiger partial charge in [-0.25, -0.2) is 0 Å². The number of hydrogen-bond donors (Lipinski definition) is 0. The van der Waals surface area contributed by atoms with Gasteiger partial charge in [-0.3, -0.25) is 4.79 Å². The number of fused-ring (bicyclic) bond motifs is 2. The Balaban J connectivity index is 1.69. The lowest BCUT2D eigenvalue weighted by molar-refractivity contribution is -0.155. The van der Waals surface area contributed by atoms with Crippen LogP contribution in [0.1, 0.15) is 57.9 Å². The first-order chi connectivity index (χ1) is 13.1. The summed E-state index contributed by atoms with van der Waals surface area (Å²) in [6.45, 7) is 11.5. The summed E-state index contributed by atoms with van der Waals surface area (Å²) in [4.78, 5) is 15.7. The molecule has 1 aromatic carbocycles. The molecule has 2 aliphatic rings. The van der Waals surface area contributed by atoms with Gasteiger partial charge in [-0.15, -0.1) is 0 Å². The van der Waals surface area contributed by atoms with Crippen molar-refractivity contribution in [3.05, 3.63) is 35.9 Å². The second-order valence-electron chi connectivity index (χ2n) is 10.1. The highest BCUT2D eigenvalue weighted by Gasteiger charge is 2.42. The molecule has 4 nitrogen and oxygen atoms in total. The summed E-state index contributed by atoms with van der Waals surface area (Å²) in [5, 5.41) is 0.116. The first kappa shape index (κ1) is 21.5. The highest BCUT2D eigenvalue weighted by atomic mass is 28.4. The van der Waals surface area contributed by atoms with E-state index in [2.05, 4.69) is 45.8 Å². The van der Waals surface area contributed by atoms with Gasteiger partial charge in [0.15, 0.2) is 8.32 Å². The average Bonchev–Trinajstić information content (AvgIpc) is 2.83. The van der Waals surface area contributed by atoms with E-state index in [1.54, 1.807) is 0 Å². The Morgan fingerprint density at radius 2 is 1.71 bits per heavy atom. The van der Waals surface area contributed by atoms with E-state index in [0.717, 1.165) is 18.4 Å². The molecule has 0 amide bonds. The van der Waals surface area contributed by atoms with Gasteiger partial charge in [0.25, 0.3) is 0 Å². The van der Waals surface area contributed by atoms with E-state index in [0.29, 0.717) is 18.7 Å². The van der Waals surface area contributed by atoms with Crippen LogP contribution in [0.15, 0.2) is 30.3 Å². The molecule has 5 heteroatoms. The molecule has 0 saturated carbocycles. The Morgan fingerprint density at radius 3 is 2.25 bits per heavy atom. The molecule has 3 unspecified atom stereocenters. The molecule has 0 aliphatic carbocycles. The molecular formula is C23H37NO3Si. The monoisotopic (exact) mass is 403 g/mol. The van der Waals surface area contributed by atoms with Crippen LogP contribution in [0.5, 0.6) is 0 Å². The second-order valence-corrected chi connectivity index (χ2v) is 14.9. The molecule has 3 atom stereocenters. The van der Waals surface area contributed by atoms with Crippen LogP contribution in [0.2, 0.25) is 18.1 Å². The normalized spacial score (nSPS) is 26.9. The highest BCUT2D eigenvalue weighted by molar-refractivity contribution is 6.74. The van der Waals surface area contributed by atoms with E-state index in [4.69, 9.17) is 9.16 Å². The molecular weight excluding hydrogens is 366 g/mol. The summed E-state index contributed by atoms with van der Waals surface area (Å²) in [6.07, 6.45) is 4.42. The van der Waals surface area contributed by atoms with Gasteiger partial charge in [0.2, 0.25) is 0 Å². The number of esters is 1. The summed E-state index contributed by atoms with van der Waals surface area (Å²) in [7, 11) is 0.274. The van der Waals surface area contributed by atoms with Crippen molar-refractivity contribution in [1.29, 1.82) is 0 Å². The Kier molecular flexibility index (Phi) is 6.37. The maximum Gasteiger partial charge on any atom is 0.316 e. The molecule has 2 saturated heterocycles. The van der Waals surface area contributed by atoms with Gasteiger partial charge in [-0.2, -0.15) is 0 Å². The zero-order valence-electron chi connectivity index (χ0n) is 18.4. The Labute approximate surface area is 171 Å². The van der Waals surface area contributed by atoms with Gasteiger partial charge >= 0.3 is 5.97 Å². The molecule has 2 heterocycles. The standard InChI is InChI=1S/C23H37NO3Si/c1-23(2,3)28(5,6)26-16-21(17-10-8-7-9-11-17)22(25)27-20-14-18-12-13-19(15-20)24(18)4/h7-11,18-21H,12-16H2,1-6H3. The minimum Gasteiger partial charge on any atom is -0.462 e. The highest BCUT2D eigenvalue weighted by Crippen LogP contribution is 2.38. The van der Waals surface area contributed by atoms with Crippen LogP contribution >= 0.6 is 0 Å². The van der Waals surface area contributed by atoms with Crippen LogP contribution < -0.4 is 0 Å². The van der Waals surface area contributed by atoms with Crippen LogP contribution in [0, 0.1) is 0 Å². The smallest absolute Gasteiger partial charge is 0.316 e. The van der Waals surface area contributed by atoms with Gasteiger partial charge < -0.3 is 14.1 Å². The third-order valence-electron chi connectivity index (χ3n) is 7.24. The largest absolute Gasteiger partial charge is 0.462 e. The Bertz CT molecular complexity index is 656. The van der Waals surface area contributed by atoms with E-state index in [1.165, 1.54) is 12.8 Å². The first-order valence-corrected chi connectivity index (χ1v) is 13.6. The first-order valence-electron chi connectivity index (χ1n) is 10.7. The summed E-state index contributed by atoms with van der Waals surface area (Å²) in [6, 6.07) is 11.1. The lowest BCUT2D eigenvalue weighted by Crippen LogP contribution is -2.45. The van der Waals surface area contributed by atoms with Crippen molar-refractivity contribution in [2.75, 3.05) is 13.7 Å². The van der Waals surface area contributed by atoms with Crippen LogP contribution in [-0.4, -0.2) is 51.0 Å². The number of benzene rings is 1. The number of carbonyl (C=O) groups excluding carboxylic acids is 1. The topological polar surface area (TPSA) is 38.8 Å². The minimum absolute atomic E-state index is 0.0419. The second kappa shape index (κ2) is 8.29. The molecule has 2 aliphatic heterocycles. The fourth-order valence-corrected chi connectivity index (χ4v) is 5.21. The maximum absolute atomic E-state index is 13.2. The number of rotatable bonds is 6. The van der Waals surface area contributed by atoms with Crippen molar-refractivity contribution in [3.8, 4) is 0 Å². The zero-order chi connectivity index (χ0) is 20.5. The Morgan fingerprint density at radius 1 is 1.14 bits per heavy atom. The maximum atomic E-state index is 13.2. The lowest BCUT2D eigenvalue weighted by Gasteiger charge is -2.38. The molecule has 3 rings (SSSR count). The summed E-state index contributed by atoms with van der Waals surface area (Å²) >= 11 is 0. The lowest BCUT2D eigenvalue weighted by atomic mass is 9.98. The minimum atomic E-state index is -1.93. The third-order valence-corrected chi connectivity index (χ3v) is 11.7. The van der Waals surface area contributed by atoms with Crippen molar-refractivity contribution in [3.63, 3.8) is 0 Å². The average molecular weight is 404 g/mol. The van der Waals surface area contributed by atoms with E-state index in [9.17, 15) is 4.79 Å². The predicted molar refractivity (Wildman–Crippen MR) is 116 cm³/mol. The van der Waals surface area contributed by atoms with E-state index in [-0.39, 0.29) is 23.0 Å². The summed E-state index contributed by atoms with van der Waals surface area (Å²) in [5.41, 5.74) is 0.988. The molecule has 0 spiro atoms. The quantitative estimate of drug-likeness (QED) is 0.497. The van der Waals surface area contributed by atoms with Gasteiger partial charge in [0.05, 0.1) is 6.61 Å². The van der Waals surface area contributed by atoms with Crippen molar-refractivity contribution >= 4 is 14.3 Å². The van der Waals surface area contributed by atoms with Gasteiger partial charge in [0.1, 0.15) is 12.0 Å². The number of ether oxygens (including phenoxy) is 1. The fourth-order valence-electron chi connectivity index (χ4n) is 4.20. The van der Waals surface area contributed by atoms with Gasteiger partial charge in [-0.05, 0) is 56.4 Å². The van der Waals surface area contributed by atoms with Gasteiger partial charge in [0, 0.05) is 12.1 Å². The predicted octanol–water partition coefficient (Wildman–Crippen LogP) is 4.96. The van der Waals surface area contributed by atoms with Gasteiger partial charge in [-0.1, -0.05) is 51.1 Å². The van der Waals surface area contributed by atoms with E-state index >= 15 is 0 Å². The molecule has 2 fully saturated rings. The SMILES string of the molecule is CN1C2CCC1CC(OC(=O)C(CO[Si](C)(C)C(C)(C)C)c1ccccc1)C2. The molecule has 1 aromatic rings. The van der Waals surface area contributed by atoms with Crippen LogP contribution in [-0.2, 0) is 14.0 Å². The number of nitrogens with zero attached hydrogens (tertiary/aromatic N) is 1. The number of piperidine rings is 1. The number of carbonyl (C=O) groups is 1. The third kappa shape index (κ3) is 4.69. The molecule has 0 radical (unpaired) electrons. The molecule has 156 valence electrons. The molecule has 28 heavy (non-hydrogen) atoms. The molecule has 0 aromatic heterocycles. The van der Waals surface area contributed by atoms with E-state index in [1.807, 2.05) is 30.3 Å². The van der Waals surface area contributed by atoms with Crippen LogP contribution in [0.25, 0.3) is 0 Å². The van der Waals surface area contributed by atoms with Crippen molar-refractivity contribution in [2.45, 2.75) is 88.7 Å². The van der Waals surface area contributed by atoms with Crippen molar-refractivity contribution in [1.82, 2.24) is 4.90 Å². The molecule has 0 N–H and O–H groups in total. The van der Waals surface area contributed by atoms with Crippen LogP contribution in [0.3, 0.4) is 0 Å². The zero-order valence-corrected chi connectivity index (χ0v) is 19.4. The Hall–Kier alpha value is -1.17. The summed E-state index contributed by atoms with van der Waals surface area (Å²) < 4.78 is 12.5. The number of hydrogen-bond acceptors (Lipinski definition) is 4.